The van der Waals surface area contributed by atoms with E-state index in [1.807, 2.05) is 26.0 Å². The molecule has 0 bridgehead atoms. The molecule has 0 aromatic heterocycles. The zero-order chi connectivity index (χ0) is 14.5. The van der Waals surface area contributed by atoms with Gasteiger partial charge in [0.2, 0.25) is 0 Å². The van der Waals surface area contributed by atoms with Crippen LogP contribution in [0.2, 0.25) is 0 Å². The first-order chi connectivity index (χ1) is 9.58. The van der Waals surface area contributed by atoms with Crippen LogP contribution in [0, 0.1) is 5.92 Å². The smallest absolute Gasteiger partial charge is 0.170 e. The molecule has 0 amide bonds. The fraction of sp³-hybridized carbons (Fsp3) is 0.556. The van der Waals surface area contributed by atoms with E-state index in [0.29, 0.717) is 11.5 Å². The van der Waals surface area contributed by atoms with Crippen molar-refractivity contribution >= 4 is 11.6 Å². The van der Waals surface area contributed by atoms with Crippen LogP contribution in [0.4, 0.5) is 0 Å². The Morgan fingerprint density at radius 3 is 2.20 bits per heavy atom. The molecule has 1 aromatic carbocycles. The van der Waals surface area contributed by atoms with Gasteiger partial charge < -0.3 is 0 Å². The van der Waals surface area contributed by atoms with Gasteiger partial charge in [0.15, 0.2) is 5.78 Å². The van der Waals surface area contributed by atoms with Crippen molar-refractivity contribution in [1.82, 2.24) is 0 Å². The summed E-state index contributed by atoms with van der Waals surface area (Å²) in [4.78, 5) is 23.6. The zero-order valence-corrected chi connectivity index (χ0v) is 12.5. The minimum absolute atomic E-state index is 0.0198. The number of carbonyl (C=O) groups is 2. The van der Waals surface area contributed by atoms with Gasteiger partial charge >= 0.3 is 0 Å². The van der Waals surface area contributed by atoms with Gasteiger partial charge in [0, 0.05) is 11.5 Å². The summed E-state index contributed by atoms with van der Waals surface area (Å²) < 4.78 is 0. The lowest BCUT2D eigenvalue weighted by Crippen LogP contribution is -2.13. The summed E-state index contributed by atoms with van der Waals surface area (Å²) in [5, 5.41) is 0. The van der Waals surface area contributed by atoms with Gasteiger partial charge in [-0.15, -0.1) is 0 Å². The molecule has 108 valence electrons. The molecule has 0 spiro atoms. The molecule has 2 nitrogen and oxygen atoms in total. The third-order valence-electron chi connectivity index (χ3n) is 4.29. The quantitative estimate of drug-likeness (QED) is 0.583. The number of benzene rings is 1. The summed E-state index contributed by atoms with van der Waals surface area (Å²) in [6.45, 7) is 3.67. The van der Waals surface area contributed by atoms with Gasteiger partial charge in [-0.2, -0.15) is 0 Å². The Morgan fingerprint density at radius 2 is 1.65 bits per heavy atom. The first-order valence-corrected chi connectivity index (χ1v) is 7.74. The second-order valence-electron chi connectivity index (χ2n) is 6.18. The number of Topliss-reactive ketones (excluding diaryl/α,β-unsaturated/α-hetero) is 2. The standard InChI is InChI=1S/C18H24O2/c1-13(2)17(19)12-18(20)16-10-8-15(9-11-16)14-6-4-3-5-7-14/h8-11,13-14H,3-7,12H2,1-2H3. The van der Waals surface area contributed by atoms with Crippen molar-refractivity contribution in [3.63, 3.8) is 0 Å². The molecule has 0 N–H and O–H groups in total. The molecule has 0 unspecified atom stereocenters. The van der Waals surface area contributed by atoms with Gasteiger partial charge in [-0.3, -0.25) is 9.59 Å². The first-order valence-electron chi connectivity index (χ1n) is 7.74. The van der Waals surface area contributed by atoms with Gasteiger partial charge in [-0.1, -0.05) is 57.4 Å². The second-order valence-corrected chi connectivity index (χ2v) is 6.18. The average molecular weight is 272 g/mol. The zero-order valence-electron chi connectivity index (χ0n) is 12.5. The highest BCUT2D eigenvalue weighted by Gasteiger charge is 2.17. The number of rotatable bonds is 5. The Kier molecular flexibility index (Phi) is 5.11. The molecule has 0 aliphatic heterocycles. The van der Waals surface area contributed by atoms with Crippen molar-refractivity contribution in [2.75, 3.05) is 0 Å². The Balaban J connectivity index is 2.00. The monoisotopic (exact) mass is 272 g/mol. The Morgan fingerprint density at radius 1 is 1.05 bits per heavy atom. The molecule has 0 atom stereocenters. The normalized spacial score (nSPS) is 16.4. The molecule has 1 fully saturated rings. The van der Waals surface area contributed by atoms with Crippen molar-refractivity contribution < 1.29 is 9.59 Å². The maximum atomic E-state index is 12.0. The van der Waals surface area contributed by atoms with E-state index in [0.717, 1.165) is 0 Å². The fourth-order valence-corrected chi connectivity index (χ4v) is 2.84. The number of hydrogen-bond acceptors (Lipinski definition) is 2. The average Bonchev–Trinajstić information content (AvgIpc) is 2.48. The van der Waals surface area contributed by atoms with E-state index in [-0.39, 0.29) is 23.9 Å². The lowest BCUT2D eigenvalue weighted by atomic mass is 9.84. The lowest BCUT2D eigenvalue weighted by molar-refractivity contribution is -0.121. The summed E-state index contributed by atoms with van der Waals surface area (Å²) in [5.41, 5.74) is 2.01. The van der Waals surface area contributed by atoms with E-state index >= 15 is 0 Å². The minimum Gasteiger partial charge on any atom is -0.299 e. The van der Waals surface area contributed by atoms with Gasteiger partial charge in [0.25, 0.3) is 0 Å². The first kappa shape index (κ1) is 15.0. The Hall–Kier alpha value is -1.44. The van der Waals surface area contributed by atoms with E-state index in [4.69, 9.17) is 0 Å². The highest BCUT2D eigenvalue weighted by molar-refractivity contribution is 6.08. The molecular weight excluding hydrogens is 248 g/mol. The molecule has 0 saturated heterocycles. The van der Waals surface area contributed by atoms with Crippen LogP contribution in [0.3, 0.4) is 0 Å². The molecule has 0 heterocycles. The van der Waals surface area contributed by atoms with Gasteiger partial charge in [0.1, 0.15) is 5.78 Å². The highest BCUT2D eigenvalue weighted by Crippen LogP contribution is 2.32. The summed E-state index contributed by atoms with van der Waals surface area (Å²) >= 11 is 0. The molecular formula is C18H24O2. The molecule has 1 aliphatic carbocycles. The summed E-state index contributed by atoms with van der Waals surface area (Å²) in [7, 11) is 0. The molecule has 2 rings (SSSR count). The van der Waals surface area contributed by atoms with Crippen LogP contribution < -0.4 is 0 Å². The predicted octanol–water partition coefficient (Wildman–Crippen LogP) is 4.53. The Labute approximate surface area is 121 Å². The third kappa shape index (κ3) is 3.78. The summed E-state index contributed by atoms with van der Waals surface area (Å²) in [6, 6.07) is 7.92. The van der Waals surface area contributed by atoms with Crippen LogP contribution in [0.15, 0.2) is 24.3 Å². The second kappa shape index (κ2) is 6.83. The molecule has 1 aromatic rings. The fourth-order valence-electron chi connectivity index (χ4n) is 2.84. The van der Waals surface area contributed by atoms with E-state index in [1.165, 1.54) is 37.7 Å². The Bertz CT molecular complexity index is 465. The van der Waals surface area contributed by atoms with Crippen molar-refractivity contribution in [2.45, 2.75) is 58.3 Å². The maximum absolute atomic E-state index is 12.0. The van der Waals surface area contributed by atoms with Crippen molar-refractivity contribution in [2.24, 2.45) is 5.92 Å². The van der Waals surface area contributed by atoms with Crippen LogP contribution in [0.1, 0.15) is 74.2 Å². The van der Waals surface area contributed by atoms with Gasteiger partial charge in [-0.25, -0.2) is 0 Å². The van der Waals surface area contributed by atoms with Gasteiger partial charge in [-0.05, 0) is 24.3 Å². The topological polar surface area (TPSA) is 34.1 Å². The molecule has 2 heteroatoms. The van der Waals surface area contributed by atoms with Crippen LogP contribution in [-0.2, 0) is 4.79 Å². The van der Waals surface area contributed by atoms with E-state index in [9.17, 15) is 9.59 Å². The largest absolute Gasteiger partial charge is 0.299 e. The van der Waals surface area contributed by atoms with Crippen molar-refractivity contribution in [3.05, 3.63) is 35.4 Å². The molecule has 1 saturated carbocycles. The lowest BCUT2D eigenvalue weighted by Gasteiger charge is -2.22. The van der Waals surface area contributed by atoms with Crippen LogP contribution in [0.5, 0.6) is 0 Å². The van der Waals surface area contributed by atoms with E-state index < -0.39 is 0 Å². The maximum Gasteiger partial charge on any atom is 0.170 e. The van der Waals surface area contributed by atoms with Crippen LogP contribution in [0.25, 0.3) is 0 Å². The van der Waals surface area contributed by atoms with Crippen molar-refractivity contribution in [3.8, 4) is 0 Å². The third-order valence-corrected chi connectivity index (χ3v) is 4.29. The number of hydrogen-bond donors (Lipinski definition) is 0. The van der Waals surface area contributed by atoms with E-state index in [2.05, 4.69) is 12.1 Å². The summed E-state index contributed by atoms with van der Waals surface area (Å²) in [6.07, 6.45) is 6.53. The SMILES string of the molecule is CC(C)C(=O)CC(=O)c1ccc(C2CCCCC2)cc1. The highest BCUT2D eigenvalue weighted by atomic mass is 16.1. The number of ketones is 2. The van der Waals surface area contributed by atoms with Gasteiger partial charge in [0.05, 0.1) is 6.42 Å². The number of carbonyl (C=O) groups excluding carboxylic acids is 2. The summed E-state index contributed by atoms with van der Waals surface area (Å²) in [5.74, 6) is 0.552. The van der Waals surface area contributed by atoms with E-state index in [1.54, 1.807) is 0 Å². The molecule has 0 radical (unpaired) electrons. The van der Waals surface area contributed by atoms with Crippen LogP contribution in [-0.4, -0.2) is 11.6 Å². The van der Waals surface area contributed by atoms with Crippen molar-refractivity contribution in [1.29, 1.82) is 0 Å². The molecule has 20 heavy (non-hydrogen) atoms. The van der Waals surface area contributed by atoms with Crippen LogP contribution >= 0.6 is 0 Å². The molecule has 1 aliphatic rings. The minimum atomic E-state index is -0.0690. The predicted molar refractivity (Wildman–Crippen MR) is 81.1 cm³/mol.